The Bertz CT molecular complexity index is 297. The number of nitrogens with zero attached hydrogens (tertiary/aromatic N) is 2. The second kappa shape index (κ2) is 4.77. The molecule has 104 valence electrons. The minimum Gasteiger partial charge on any atom is -0.311 e. The van der Waals surface area contributed by atoms with Crippen molar-refractivity contribution in [2.75, 3.05) is 32.7 Å². The molecule has 3 heteroatoms. The summed E-state index contributed by atoms with van der Waals surface area (Å²) >= 11 is 0. The summed E-state index contributed by atoms with van der Waals surface area (Å²) in [4.78, 5) is 5.53. The van der Waals surface area contributed by atoms with Crippen molar-refractivity contribution < 1.29 is 0 Å². The van der Waals surface area contributed by atoms with E-state index in [2.05, 4.69) is 35.9 Å². The summed E-state index contributed by atoms with van der Waals surface area (Å²) in [6, 6.07) is 2.38. The van der Waals surface area contributed by atoms with E-state index in [-0.39, 0.29) is 0 Å². The lowest BCUT2D eigenvalue weighted by molar-refractivity contribution is 0.0841. The van der Waals surface area contributed by atoms with Gasteiger partial charge in [-0.05, 0) is 31.2 Å². The molecule has 3 rings (SSSR count). The van der Waals surface area contributed by atoms with Crippen LogP contribution < -0.4 is 5.32 Å². The number of nitrogens with one attached hydrogen (secondary N) is 1. The van der Waals surface area contributed by atoms with E-state index in [1.807, 2.05) is 0 Å². The van der Waals surface area contributed by atoms with E-state index in [4.69, 9.17) is 0 Å². The maximum absolute atomic E-state index is 3.72. The first-order chi connectivity index (χ1) is 8.55. The number of hydrogen-bond acceptors (Lipinski definition) is 3. The van der Waals surface area contributed by atoms with Crippen LogP contribution in [0.4, 0.5) is 0 Å². The molecule has 3 fully saturated rings. The first-order valence-corrected chi connectivity index (χ1v) is 7.77. The standard InChI is InChI=1S/C15H29N3/c1-15(2,3)14-11-18(10-7-16-14)13-6-9-17-8-4-5-12(13)17/h12-14,16H,4-11H2,1-3H3. The van der Waals surface area contributed by atoms with E-state index in [0.717, 1.165) is 12.1 Å². The van der Waals surface area contributed by atoms with Gasteiger partial charge in [0.15, 0.2) is 0 Å². The molecule has 1 N–H and O–H groups in total. The van der Waals surface area contributed by atoms with E-state index in [1.165, 1.54) is 52.0 Å². The van der Waals surface area contributed by atoms with Crippen LogP contribution in [0.5, 0.6) is 0 Å². The fourth-order valence-corrected chi connectivity index (χ4v) is 4.14. The van der Waals surface area contributed by atoms with E-state index in [9.17, 15) is 0 Å². The summed E-state index contributed by atoms with van der Waals surface area (Å²) in [5.74, 6) is 0. The van der Waals surface area contributed by atoms with Gasteiger partial charge in [-0.15, -0.1) is 0 Å². The average molecular weight is 251 g/mol. The zero-order valence-electron chi connectivity index (χ0n) is 12.3. The van der Waals surface area contributed by atoms with Crippen LogP contribution in [0.3, 0.4) is 0 Å². The van der Waals surface area contributed by atoms with Crippen molar-refractivity contribution in [2.45, 2.75) is 58.2 Å². The molecule has 3 nitrogen and oxygen atoms in total. The Labute approximate surface area is 112 Å². The minimum atomic E-state index is 0.382. The predicted octanol–water partition coefficient (Wildman–Crippen LogP) is 1.54. The summed E-state index contributed by atoms with van der Waals surface area (Å²) in [6.45, 7) is 13.5. The highest BCUT2D eigenvalue weighted by molar-refractivity contribution is 4.99. The first kappa shape index (κ1) is 12.9. The van der Waals surface area contributed by atoms with Crippen LogP contribution in [0.1, 0.15) is 40.0 Å². The van der Waals surface area contributed by atoms with E-state index in [1.54, 1.807) is 0 Å². The Hall–Kier alpha value is -0.120. The van der Waals surface area contributed by atoms with Crippen LogP contribution in [0, 0.1) is 5.41 Å². The lowest BCUT2D eigenvalue weighted by Gasteiger charge is -2.44. The van der Waals surface area contributed by atoms with Gasteiger partial charge in [-0.2, -0.15) is 0 Å². The molecule has 3 unspecified atom stereocenters. The van der Waals surface area contributed by atoms with Gasteiger partial charge >= 0.3 is 0 Å². The molecule has 18 heavy (non-hydrogen) atoms. The smallest absolute Gasteiger partial charge is 0.0264 e. The van der Waals surface area contributed by atoms with E-state index >= 15 is 0 Å². The van der Waals surface area contributed by atoms with Gasteiger partial charge in [0, 0.05) is 44.3 Å². The van der Waals surface area contributed by atoms with Crippen LogP contribution in [0.2, 0.25) is 0 Å². The zero-order valence-corrected chi connectivity index (χ0v) is 12.3. The highest BCUT2D eigenvalue weighted by Gasteiger charge is 2.42. The predicted molar refractivity (Wildman–Crippen MR) is 75.8 cm³/mol. The van der Waals surface area contributed by atoms with Crippen molar-refractivity contribution in [2.24, 2.45) is 5.41 Å². The molecular formula is C15H29N3. The van der Waals surface area contributed by atoms with Crippen molar-refractivity contribution in [1.82, 2.24) is 15.1 Å². The second-order valence-electron chi connectivity index (χ2n) is 7.47. The second-order valence-corrected chi connectivity index (χ2v) is 7.47. The topological polar surface area (TPSA) is 18.5 Å². The average Bonchev–Trinajstić information content (AvgIpc) is 2.89. The molecule has 3 saturated heterocycles. The van der Waals surface area contributed by atoms with Crippen molar-refractivity contribution in [3.63, 3.8) is 0 Å². The third-order valence-corrected chi connectivity index (χ3v) is 5.29. The molecule has 0 aliphatic carbocycles. The molecule has 0 bridgehead atoms. The summed E-state index contributed by atoms with van der Waals surface area (Å²) < 4.78 is 0. The maximum Gasteiger partial charge on any atom is 0.0264 e. The molecule has 3 atom stereocenters. The number of hydrogen-bond donors (Lipinski definition) is 1. The third-order valence-electron chi connectivity index (χ3n) is 5.29. The Morgan fingerprint density at radius 3 is 2.50 bits per heavy atom. The Balaban J connectivity index is 1.65. The Kier molecular flexibility index (Phi) is 3.41. The summed E-state index contributed by atoms with van der Waals surface area (Å²) in [7, 11) is 0. The number of rotatable bonds is 1. The number of fused-ring (bicyclic) bond motifs is 1. The van der Waals surface area contributed by atoms with Crippen LogP contribution >= 0.6 is 0 Å². The molecule has 0 aromatic carbocycles. The molecule has 0 amide bonds. The van der Waals surface area contributed by atoms with Gasteiger partial charge in [0.25, 0.3) is 0 Å². The van der Waals surface area contributed by atoms with Crippen molar-refractivity contribution in [3.8, 4) is 0 Å². The van der Waals surface area contributed by atoms with Gasteiger partial charge in [0.05, 0.1) is 0 Å². The molecule has 0 aromatic heterocycles. The van der Waals surface area contributed by atoms with Crippen LogP contribution in [-0.2, 0) is 0 Å². The molecular weight excluding hydrogens is 222 g/mol. The molecule has 0 aromatic rings. The third kappa shape index (κ3) is 2.33. The SMILES string of the molecule is CC(C)(C)C1CN(C2CCN3CCCC23)CCN1. The van der Waals surface area contributed by atoms with Crippen molar-refractivity contribution in [1.29, 1.82) is 0 Å². The minimum absolute atomic E-state index is 0.382. The van der Waals surface area contributed by atoms with Crippen LogP contribution in [0.15, 0.2) is 0 Å². The lowest BCUT2D eigenvalue weighted by Crippen LogP contribution is -2.59. The van der Waals surface area contributed by atoms with Crippen LogP contribution in [-0.4, -0.2) is 60.6 Å². The van der Waals surface area contributed by atoms with Gasteiger partial charge in [-0.1, -0.05) is 20.8 Å². The normalized spacial score (nSPS) is 39.2. The molecule has 3 aliphatic rings. The fraction of sp³-hybridized carbons (Fsp3) is 1.00. The lowest BCUT2D eigenvalue weighted by atomic mass is 9.85. The maximum atomic E-state index is 3.72. The molecule has 3 heterocycles. The zero-order chi connectivity index (χ0) is 12.8. The molecule has 3 aliphatic heterocycles. The monoisotopic (exact) mass is 251 g/mol. The Morgan fingerprint density at radius 2 is 1.72 bits per heavy atom. The van der Waals surface area contributed by atoms with E-state index in [0.29, 0.717) is 11.5 Å². The van der Waals surface area contributed by atoms with Gasteiger partial charge < -0.3 is 5.32 Å². The highest BCUT2D eigenvalue weighted by atomic mass is 15.3. The van der Waals surface area contributed by atoms with Crippen LogP contribution in [0.25, 0.3) is 0 Å². The number of piperazine rings is 1. The summed E-state index contributed by atoms with van der Waals surface area (Å²) in [6.07, 6.45) is 4.27. The van der Waals surface area contributed by atoms with Gasteiger partial charge in [0.2, 0.25) is 0 Å². The summed E-state index contributed by atoms with van der Waals surface area (Å²) in [5.41, 5.74) is 0.382. The molecule has 0 radical (unpaired) electrons. The largest absolute Gasteiger partial charge is 0.311 e. The van der Waals surface area contributed by atoms with Gasteiger partial charge in [0.1, 0.15) is 0 Å². The van der Waals surface area contributed by atoms with Crippen molar-refractivity contribution >= 4 is 0 Å². The van der Waals surface area contributed by atoms with Crippen molar-refractivity contribution in [3.05, 3.63) is 0 Å². The summed E-state index contributed by atoms with van der Waals surface area (Å²) in [5, 5.41) is 3.72. The first-order valence-electron chi connectivity index (χ1n) is 7.77. The molecule has 0 saturated carbocycles. The molecule has 0 spiro atoms. The van der Waals surface area contributed by atoms with Gasteiger partial charge in [-0.3, -0.25) is 9.80 Å². The highest BCUT2D eigenvalue weighted by Crippen LogP contribution is 2.33. The quantitative estimate of drug-likeness (QED) is 0.763. The fourth-order valence-electron chi connectivity index (χ4n) is 4.14. The Morgan fingerprint density at radius 1 is 0.944 bits per heavy atom. The van der Waals surface area contributed by atoms with Gasteiger partial charge in [-0.25, -0.2) is 0 Å². The van der Waals surface area contributed by atoms with E-state index < -0.39 is 0 Å².